The van der Waals surface area contributed by atoms with E-state index in [1.807, 2.05) is 12.1 Å². The van der Waals surface area contributed by atoms with Crippen LogP contribution >= 0.6 is 0 Å². The van der Waals surface area contributed by atoms with Gasteiger partial charge in [0.05, 0.1) is 6.42 Å². The largest absolute Gasteiger partial charge is 0.459 e. The van der Waals surface area contributed by atoms with Crippen LogP contribution in [0.4, 0.5) is 0 Å². The zero-order valence-electron chi connectivity index (χ0n) is 15.8. The predicted molar refractivity (Wildman–Crippen MR) is 106 cm³/mol. The van der Waals surface area contributed by atoms with E-state index in [0.29, 0.717) is 6.42 Å². The number of ether oxygens (including phenoxy) is 1. The number of esters is 1. The van der Waals surface area contributed by atoms with Crippen LogP contribution in [0.25, 0.3) is 0 Å². The Balaban J connectivity index is 1.35. The van der Waals surface area contributed by atoms with Crippen LogP contribution in [0.3, 0.4) is 0 Å². The molecular formula is C25H28O2. The van der Waals surface area contributed by atoms with Crippen LogP contribution in [0.2, 0.25) is 0 Å². The fourth-order valence-electron chi connectivity index (χ4n) is 6.40. The van der Waals surface area contributed by atoms with Gasteiger partial charge in [-0.2, -0.15) is 0 Å². The fraction of sp³-hybridized carbons (Fsp3) is 0.480. The molecule has 0 radical (unpaired) electrons. The second-order valence-corrected chi connectivity index (χ2v) is 9.15. The molecule has 0 saturated heterocycles. The van der Waals surface area contributed by atoms with Crippen LogP contribution < -0.4 is 0 Å². The Bertz CT molecular complexity index is 721. The first-order valence-corrected chi connectivity index (χ1v) is 10.5. The molecule has 0 aliphatic heterocycles. The molecule has 4 saturated carbocycles. The number of carbonyl (C=O) groups is 1. The summed E-state index contributed by atoms with van der Waals surface area (Å²) in [5.41, 5.74) is 2.22. The maximum Gasteiger partial charge on any atom is 0.307 e. The van der Waals surface area contributed by atoms with Crippen LogP contribution in [0.1, 0.15) is 62.0 Å². The summed E-state index contributed by atoms with van der Waals surface area (Å²) in [6.07, 6.45) is 7.84. The summed E-state index contributed by atoms with van der Waals surface area (Å²) in [4.78, 5) is 13.1. The molecule has 4 aliphatic rings. The lowest BCUT2D eigenvalue weighted by Gasteiger charge is -2.55. The van der Waals surface area contributed by atoms with Crippen molar-refractivity contribution in [2.24, 2.45) is 17.8 Å². The Morgan fingerprint density at radius 2 is 1.26 bits per heavy atom. The smallest absolute Gasteiger partial charge is 0.307 e. The summed E-state index contributed by atoms with van der Waals surface area (Å²) < 4.78 is 6.29. The molecule has 6 rings (SSSR count). The van der Waals surface area contributed by atoms with Gasteiger partial charge in [0.1, 0.15) is 5.60 Å². The van der Waals surface area contributed by atoms with Crippen molar-refractivity contribution in [1.82, 2.24) is 0 Å². The average Bonchev–Trinajstić information content (AvgIpc) is 2.66. The minimum atomic E-state index is -0.149. The lowest BCUT2D eigenvalue weighted by Crippen LogP contribution is -2.52. The molecule has 140 valence electrons. The molecule has 2 heteroatoms. The van der Waals surface area contributed by atoms with Gasteiger partial charge in [-0.05, 0) is 67.4 Å². The van der Waals surface area contributed by atoms with Gasteiger partial charge in [0, 0.05) is 5.92 Å². The van der Waals surface area contributed by atoms with Crippen molar-refractivity contribution in [3.8, 4) is 0 Å². The Hall–Kier alpha value is -2.09. The van der Waals surface area contributed by atoms with Gasteiger partial charge < -0.3 is 4.74 Å². The summed E-state index contributed by atoms with van der Waals surface area (Å²) in [6, 6.07) is 20.7. The van der Waals surface area contributed by atoms with Crippen molar-refractivity contribution in [3.63, 3.8) is 0 Å². The van der Waals surface area contributed by atoms with Crippen molar-refractivity contribution in [2.75, 3.05) is 0 Å². The molecule has 0 atom stereocenters. The number of rotatable bonds is 5. The molecular weight excluding hydrogens is 332 g/mol. The van der Waals surface area contributed by atoms with E-state index in [0.717, 1.165) is 37.0 Å². The van der Waals surface area contributed by atoms with Crippen molar-refractivity contribution in [1.29, 1.82) is 0 Å². The lowest BCUT2D eigenvalue weighted by molar-refractivity contribution is -0.186. The second kappa shape index (κ2) is 6.82. The summed E-state index contributed by atoms with van der Waals surface area (Å²) in [5.74, 6) is 2.43. The van der Waals surface area contributed by atoms with Gasteiger partial charge in [-0.3, -0.25) is 4.79 Å². The molecule has 0 heterocycles. The Kier molecular flexibility index (Phi) is 4.30. The molecule has 4 aliphatic carbocycles. The molecule has 2 aromatic carbocycles. The van der Waals surface area contributed by atoms with Crippen molar-refractivity contribution < 1.29 is 9.53 Å². The first kappa shape index (κ1) is 17.0. The van der Waals surface area contributed by atoms with Crippen molar-refractivity contribution in [3.05, 3.63) is 71.8 Å². The van der Waals surface area contributed by atoms with Gasteiger partial charge in [0.25, 0.3) is 0 Å². The van der Waals surface area contributed by atoms with Gasteiger partial charge in [-0.1, -0.05) is 60.7 Å². The van der Waals surface area contributed by atoms with Crippen LogP contribution in [0.15, 0.2) is 60.7 Å². The number of hydrogen-bond donors (Lipinski definition) is 0. The maximum atomic E-state index is 13.1. The Labute approximate surface area is 161 Å². The van der Waals surface area contributed by atoms with Crippen LogP contribution in [-0.2, 0) is 9.53 Å². The highest BCUT2D eigenvalue weighted by atomic mass is 16.6. The lowest BCUT2D eigenvalue weighted by atomic mass is 9.54. The van der Waals surface area contributed by atoms with Gasteiger partial charge in [-0.25, -0.2) is 0 Å². The highest BCUT2D eigenvalue weighted by Crippen LogP contribution is 2.57. The quantitative estimate of drug-likeness (QED) is 0.637. The van der Waals surface area contributed by atoms with Gasteiger partial charge in [-0.15, -0.1) is 0 Å². The Morgan fingerprint density at radius 3 is 1.70 bits per heavy atom. The third-order valence-electron chi connectivity index (χ3n) is 7.09. The van der Waals surface area contributed by atoms with E-state index in [9.17, 15) is 4.79 Å². The predicted octanol–water partition coefficient (Wildman–Crippen LogP) is 5.72. The molecule has 0 unspecified atom stereocenters. The van der Waals surface area contributed by atoms with Gasteiger partial charge in [0.15, 0.2) is 0 Å². The SMILES string of the molecule is O=C(CC(c1ccccc1)c1ccccc1)OC12CC3CC(CC(C3)C1)C2. The maximum absolute atomic E-state index is 13.1. The molecule has 4 fully saturated rings. The number of hydrogen-bond acceptors (Lipinski definition) is 2. The third-order valence-corrected chi connectivity index (χ3v) is 7.09. The normalized spacial score (nSPS) is 31.2. The fourth-order valence-corrected chi connectivity index (χ4v) is 6.40. The minimum Gasteiger partial charge on any atom is -0.459 e. The monoisotopic (exact) mass is 360 g/mol. The van der Waals surface area contributed by atoms with Crippen LogP contribution in [-0.4, -0.2) is 11.6 Å². The van der Waals surface area contributed by atoms with Crippen molar-refractivity contribution in [2.45, 2.75) is 56.5 Å². The van der Waals surface area contributed by atoms with Gasteiger partial charge in [0.2, 0.25) is 0 Å². The van der Waals surface area contributed by atoms with Gasteiger partial charge >= 0.3 is 5.97 Å². The third kappa shape index (κ3) is 3.42. The molecule has 4 bridgehead atoms. The van der Waals surface area contributed by atoms with Crippen LogP contribution in [0, 0.1) is 17.8 Å². The first-order chi connectivity index (χ1) is 13.2. The standard InChI is InChI=1S/C25H28O2/c26-24(27-25-15-18-11-19(16-25)13-20(12-18)17-25)14-23(21-7-3-1-4-8-21)22-9-5-2-6-10-22/h1-10,18-20,23H,11-17H2. The van der Waals surface area contributed by atoms with E-state index in [4.69, 9.17) is 4.74 Å². The van der Waals surface area contributed by atoms with E-state index in [-0.39, 0.29) is 17.5 Å². The van der Waals surface area contributed by atoms with Crippen molar-refractivity contribution >= 4 is 5.97 Å². The summed E-state index contributed by atoms with van der Waals surface area (Å²) in [7, 11) is 0. The number of carbonyl (C=O) groups excluding carboxylic acids is 1. The molecule has 0 aromatic heterocycles. The highest BCUT2D eigenvalue weighted by Gasteiger charge is 2.53. The van der Waals surface area contributed by atoms with E-state index in [1.165, 1.54) is 30.4 Å². The summed E-state index contributed by atoms with van der Waals surface area (Å²) >= 11 is 0. The molecule has 2 nitrogen and oxygen atoms in total. The van der Waals surface area contributed by atoms with E-state index in [1.54, 1.807) is 0 Å². The topological polar surface area (TPSA) is 26.3 Å². The molecule has 27 heavy (non-hydrogen) atoms. The zero-order valence-corrected chi connectivity index (χ0v) is 15.8. The van der Waals surface area contributed by atoms with E-state index < -0.39 is 0 Å². The molecule has 0 amide bonds. The molecule has 0 N–H and O–H groups in total. The molecule has 0 spiro atoms. The van der Waals surface area contributed by atoms with Crippen LogP contribution in [0.5, 0.6) is 0 Å². The average molecular weight is 360 g/mol. The Morgan fingerprint density at radius 1 is 0.815 bits per heavy atom. The molecule has 2 aromatic rings. The summed E-state index contributed by atoms with van der Waals surface area (Å²) in [5, 5.41) is 0. The van der Waals surface area contributed by atoms with E-state index >= 15 is 0 Å². The highest BCUT2D eigenvalue weighted by molar-refractivity contribution is 5.72. The zero-order chi connectivity index (χ0) is 18.3. The second-order valence-electron chi connectivity index (χ2n) is 9.15. The van der Waals surface area contributed by atoms with E-state index in [2.05, 4.69) is 48.5 Å². The number of benzene rings is 2. The minimum absolute atomic E-state index is 0.0188. The summed E-state index contributed by atoms with van der Waals surface area (Å²) in [6.45, 7) is 0. The first-order valence-electron chi connectivity index (χ1n) is 10.5.